The van der Waals surface area contributed by atoms with E-state index in [0.717, 1.165) is 0 Å². The first kappa shape index (κ1) is 11.4. The summed E-state index contributed by atoms with van der Waals surface area (Å²) in [5.74, 6) is -0.348. The minimum Gasteiger partial charge on any atom is -0.394 e. The SMILES string of the molecule is CC(=O)NC1[C@H](O)CC(CO)O[C@H]1O. The first-order chi connectivity index (χ1) is 6.54. The minimum absolute atomic E-state index is 0.193. The maximum Gasteiger partial charge on any atom is 0.217 e. The van der Waals surface area contributed by atoms with Crippen LogP contribution < -0.4 is 5.32 Å². The number of hydrogen-bond acceptors (Lipinski definition) is 5. The number of carbonyl (C=O) groups is 1. The maximum atomic E-state index is 10.7. The van der Waals surface area contributed by atoms with E-state index in [-0.39, 0.29) is 18.9 Å². The summed E-state index contributed by atoms with van der Waals surface area (Å²) in [7, 11) is 0. The molecule has 6 nitrogen and oxygen atoms in total. The van der Waals surface area contributed by atoms with Crippen molar-refractivity contribution in [2.45, 2.75) is 37.9 Å². The van der Waals surface area contributed by atoms with Crippen LogP contribution in [0.25, 0.3) is 0 Å². The topological polar surface area (TPSA) is 99.0 Å². The average Bonchev–Trinajstić information content (AvgIpc) is 2.10. The van der Waals surface area contributed by atoms with Crippen LogP contribution in [0.1, 0.15) is 13.3 Å². The van der Waals surface area contributed by atoms with E-state index >= 15 is 0 Å². The van der Waals surface area contributed by atoms with Crippen molar-refractivity contribution in [3.8, 4) is 0 Å². The summed E-state index contributed by atoms with van der Waals surface area (Å²) in [6.07, 6.45) is -2.57. The molecule has 1 rings (SSSR count). The van der Waals surface area contributed by atoms with Crippen LogP contribution >= 0.6 is 0 Å². The third kappa shape index (κ3) is 2.65. The summed E-state index contributed by atoms with van der Waals surface area (Å²) in [4.78, 5) is 10.7. The summed E-state index contributed by atoms with van der Waals surface area (Å²) < 4.78 is 4.95. The lowest BCUT2D eigenvalue weighted by molar-refractivity contribution is -0.214. The number of aliphatic hydroxyl groups is 3. The number of aliphatic hydroxyl groups excluding tert-OH is 3. The van der Waals surface area contributed by atoms with Gasteiger partial charge in [0.1, 0.15) is 6.04 Å². The Morgan fingerprint density at radius 2 is 2.21 bits per heavy atom. The molecule has 6 heteroatoms. The number of ether oxygens (including phenoxy) is 1. The molecule has 1 aliphatic rings. The molecule has 0 saturated carbocycles. The minimum atomic E-state index is -1.28. The van der Waals surface area contributed by atoms with Gasteiger partial charge in [-0.1, -0.05) is 0 Å². The molecule has 1 saturated heterocycles. The van der Waals surface area contributed by atoms with Gasteiger partial charge in [0.25, 0.3) is 0 Å². The van der Waals surface area contributed by atoms with Crippen molar-refractivity contribution >= 4 is 5.91 Å². The van der Waals surface area contributed by atoms with E-state index in [1.54, 1.807) is 0 Å². The lowest BCUT2D eigenvalue weighted by Crippen LogP contribution is -2.57. The van der Waals surface area contributed by atoms with E-state index in [0.29, 0.717) is 0 Å². The molecule has 14 heavy (non-hydrogen) atoms. The highest BCUT2D eigenvalue weighted by Gasteiger charge is 2.36. The Morgan fingerprint density at radius 1 is 1.57 bits per heavy atom. The number of rotatable bonds is 2. The Kier molecular flexibility index (Phi) is 3.82. The largest absolute Gasteiger partial charge is 0.394 e. The van der Waals surface area contributed by atoms with Gasteiger partial charge in [0.2, 0.25) is 5.91 Å². The standard InChI is InChI=1S/C8H15NO5/c1-4(11)9-7-6(12)2-5(3-10)14-8(7)13/h5-8,10,12-13H,2-3H2,1H3,(H,9,11)/t5?,6-,7?,8-/m1/s1. The third-order valence-electron chi connectivity index (χ3n) is 2.13. The molecule has 0 aromatic rings. The summed E-state index contributed by atoms with van der Waals surface area (Å²) in [6.45, 7) is 1.03. The first-order valence-electron chi connectivity index (χ1n) is 4.44. The van der Waals surface area contributed by atoms with Crippen LogP contribution in [-0.4, -0.2) is 52.4 Å². The zero-order valence-electron chi connectivity index (χ0n) is 7.88. The van der Waals surface area contributed by atoms with Crippen molar-refractivity contribution in [3.63, 3.8) is 0 Å². The number of carbonyl (C=O) groups excluding carboxylic acids is 1. The molecule has 1 aliphatic heterocycles. The monoisotopic (exact) mass is 205 g/mol. The van der Waals surface area contributed by atoms with Crippen LogP contribution in [0.3, 0.4) is 0 Å². The smallest absolute Gasteiger partial charge is 0.217 e. The zero-order chi connectivity index (χ0) is 10.7. The van der Waals surface area contributed by atoms with Crippen molar-refractivity contribution in [1.29, 1.82) is 0 Å². The molecule has 1 heterocycles. The van der Waals surface area contributed by atoms with Crippen LogP contribution in [0.5, 0.6) is 0 Å². The highest BCUT2D eigenvalue weighted by atomic mass is 16.6. The van der Waals surface area contributed by atoms with Gasteiger partial charge in [0, 0.05) is 13.3 Å². The van der Waals surface area contributed by atoms with E-state index in [2.05, 4.69) is 5.32 Å². The first-order valence-corrected chi connectivity index (χ1v) is 4.44. The Balaban J connectivity index is 2.55. The molecule has 0 spiro atoms. The number of hydrogen-bond donors (Lipinski definition) is 4. The van der Waals surface area contributed by atoms with Crippen molar-refractivity contribution in [2.75, 3.05) is 6.61 Å². The molecule has 0 aromatic carbocycles. The summed E-state index contributed by atoms with van der Waals surface area (Å²) in [5.41, 5.74) is 0. The molecular weight excluding hydrogens is 190 g/mol. The van der Waals surface area contributed by atoms with Crippen molar-refractivity contribution in [3.05, 3.63) is 0 Å². The van der Waals surface area contributed by atoms with Gasteiger partial charge in [0.15, 0.2) is 6.29 Å². The van der Waals surface area contributed by atoms with Crippen LogP contribution in [0.4, 0.5) is 0 Å². The second kappa shape index (κ2) is 4.70. The van der Waals surface area contributed by atoms with Gasteiger partial charge in [-0.3, -0.25) is 4.79 Å². The fraction of sp³-hybridized carbons (Fsp3) is 0.875. The predicted octanol–water partition coefficient (Wildman–Crippen LogP) is -2.05. The molecule has 4 N–H and O–H groups in total. The number of amides is 1. The molecule has 0 aromatic heterocycles. The normalized spacial score (nSPS) is 38.0. The van der Waals surface area contributed by atoms with Crippen LogP contribution in [0, 0.1) is 0 Å². The summed E-state index contributed by atoms with van der Waals surface area (Å²) in [6, 6.07) is -0.824. The van der Waals surface area contributed by atoms with Gasteiger partial charge in [-0.2, -0.15) is 0 Å². The highest BCUT2D eigenvalue weighted by Crippen LogP contribution is 2.18. The van der Waals surface area contributed by atoms with E-state index in [9.17, 15) is 15.0 Å². The molecule has 0 radical (unpaired) electrons. The second-order valence-electron chi connectivity index (χ2n) is 3.36. The molecule has 82 valence electrons. The van der Waals surface area contributed by atoms with Crippen LogP contribution in [0.15, 0.2) is 0 Å². The fourth-order valence-corrected chi connectivity index (χ4v) is 1.46. The van der Waals surface area contributed by atoms with E-state index in [4.69, 9.17) is 9.84 Å². The van der Waals surface area contributed by atoms with Crippen molar-refractivity contribution < 1.29 is 24.9 Å². The van der Waals surface area contributed by atoms with E-state index in [1.165, 1.54) is 6.92 Å². The molecule has 1 amide bonds. The summed E-state index contributed by atoms with van der Waals surface area (Å²) in [5, 5.41) is 30.0. The van der Waals surface area contributed by atoms with E-state index in [1.807, 2.05) is 0 Å². The van der Waals surface area contributed by atoms with Crippen molar-refractivity contribution in [1.82, 2.24) is 5.32 Å². The highest BCUT2D eigenvalue weighted by molar-refractivity contribution is 5.73. The molecule has 1 fully saturated rings. The van der Waals surface area contributed by atoms with Crippen LogP contribution in [-0.2, 0) is 9.53 Å². The van der Waals surface area contributed by atoms with Crippen molar-refractivity contribution in [2.24, 2.45) is 0 Å². The Morgan fingerprint density at radius 3 is 2.64 bits per heavy atom. The third-order valence-corrected chi connectivity index (χ3v) is 2.13. The predicted molar refractivity (Wildman–Crippen MR) is 46.2 cm³/mol. The fourth-order valence-electron chi connectivity index (χ4n) is 1.46. The Bertz CT molecular complexity index is 198. The number of nitrogens with one attached hydrogen (secondary N) is 1. The lowest BCUT2D eigenvalue weighted by Gasteiger charge is -2.36. The molecular formula is C8H15NO5. The maximum absolute atomic E-state index is 10.7. The van der Waals surface area contributed by atoms with Gasteiger partial charge < -0.3 is 25.4 Å². The Hall–Kier alpha value is -0.690. The van der Waals surface area contributed by atoms with E-state index < -0.39 is 24.5 Å². The summed E-state index contributed by atoms with van der Waals surface area (Å²) >= 11 is 0. The van der Waals surface area contributed by atoms with Gasteiger partial charge in [0.05, 0.1) is 18.8 Å². The van der Waals surface area contributed by atoms with Crippen LogP contribution in [0.2, 0.25) is 0 Å². The zero-order valence-corrected chi connectivity index (χ0v) is 7.88. The molecule has 0 bridgehead atoms. The quantitative estimate of drug-likeness (QED) is 0.416. The molecule has 4 atom stereocenters. The van der Waals surface area contributed by atoms with Gasteiger partial charge in [-0.15, -0.1) is 0 Å². The average molecular weight is 205 g/mol. The van der Waals surface area contributed by atoms with Gasteiger partial charge in [-0.25, -0.2) is 0 Å². The Labute approximate surface area is 81.5 Å². The lowest BCUT2D eigenvalue weighted by atomic mass is 10.0. The van der Waals surface area contributed by atoms with Gasteiger partial charge in [-0.05, 0) is 0 Å². The molecule has 0 aliphatic carbocycles. The molecule has 2 unspecified atom stereocenters. The van der Waals surface area contributed by atoms with Gasteiger partial charge >= 0.3 is 0 Å². The second-order valence-corrected chi connectivity index (χ2v) is 3.36.